The summed E-state index contributed by atoms with van der Waals surface area (Å²) in [4.78, 5) is 48.3. The van der Waals surface area contributed by atoms with E-state index in [0.717, 1.165) is 48.5 Å². The number of aliphatic carboxylic acids is 1. The number of nitrogens with one attached hydrogen (secondary N) is 4. The van der Waals surface area contributed by atoms with Gasteiger partial charge >= 0.3 is 30.7 Å². The summed E-state index contributed by atoms with van der Waals surface area (Å²) in [5, 5.41) is 104. The zero-order valence-electron chi connectivity index (χ0n) is 48.5. The molecular formula is C58H49Br3F12N12O9. The molecule has 4 aromatic carbocycles. The monoisotopic (exact) mass is 1520 g/mol. The van der Waals surface area contributed by atoms with E-state index < -0.39 is 115 Å². The minimum absolute atomic E-state index is 0.00803. The van der Waals surface area contributed by atoms with E-state index in [1.807, 2.05) is 12.1 Å². The van der Waals surface area contributed by atoms with Crippen molar-refractivity contribution in [2.45, 2.75) is 81.3 Å². The third-order valence-corrected chi connectivity index (χ3v) is 14.7. The van der Waals surface area contributed by atoms with E-state index in [4.69, 9.17) is 47.5 Å². The summed E-state index contributed by atoms with van der Waals surface area (Å²) in [6.45, 7) is 4.65. The van der Waals surface area contributed by atoms with Gasteiger partial charge in [0, 0.05) is 63.5 Å². The van der Waals surface area contributed by atoms with Crippen molar-refractivity contribution in [3.63, 3.8) is 0 Å². The Morgan fingerprint density at radius 2 is 0.798 bits per heavy atom. The molecule has 21 nitrogen and oxygen atoms in total. The molecule has 2 heterocycles. The number of nitriles is 6. The van der Waals surface area contributed by atoms with Crippen LogP contribution in [0.2, 0.25) is 0 Å². The van der Waals surface area contributed by atoms with Gasteiger partial charge in [-0.1, -0.05) is 47.8 Å². The molecule has 0 saturated carbocycles. The molecule has 0 aliphatic rings. The average Bonchev–Trinajstić information content (AvgIpc) is 0.906. The van der Waals surface area contributed by atoms with Crippen molar-refractivity contribution < 1.29 is 97.4 Å². The topological polar surface area (TPSA) is 395 Å². The van der Waals surface area contributed by atoms with Crippen LogP contribution in [0.1, 0.15) is 83.3 Å². The van der Waals surface area contributed by atoms with E-state index >= 15 is 0 Å². The third kappa shape index (κ3) is 26.2. The Morgan fingerprint density at radius 1 is 0.479 bits per heavy atom. The zero-order valence-corrected chi connectivity index (χ0v) is 53.2. The number of aromatic nitrogens is 2. The van der Waals surface area contributed by atoms with Gasteiger partial charge in [-0.05, 0) is 113 Å². The Labute approximate surface area is 550 Å². The molecule has 2 aromatic heterocycles. The fourth-order valence-electron chi connectivity index (χ4n) is 6.16. The van der Waals surface area contributed by atoms with Crippen LogP contribution >= 0.6 is 47.8 Å². The molecule has 0 aliphatic heterocycles. The van der Waals surface area contributed by atoms with Crippen molar-refractivity contribution in [1.82, 2.24) is 9.55 Å². The molecule has 0 radical (unpaired) electrons. The second kappa shape index (κ2) is 35.0. The molecule has 6 rings (SSSR count). The number of nitrogens with zero attached hydrogens (tertiary/aromatic N) is 7. The lowest BCUT2D eigenvalue weighted by Crippen LogP contribution is -2.43. The number of carboxylic acids is 1. The number of aliphatic hydroxyl groups is 4. The highest BCUT2D eigenvalue weighted by Crippen LogP contribution is 2.37. The van der Waals surface area contributed by atoms with Crippen LogP contribution in [-0.4, -0.2) is 97.2 Å². The van der Waals surface area contributed by atoms with Crippen molar-refractivity contribution in [3.05, 3.63) is 165 Å². The Kier molecular flexibility index (Phi) is 30.7. The van der Waals surface area contributed by atoms with Gasteiger partial charge in [-0.15, -0.1) is 0 Å². The normalized spacial score (nSPS) is 13.3. The molecule has 0 unspecified atom stereocenters. The number of amides is 3. The first-order valence-electron chi connectivity index (χ1n) is 25.2. The van der Waals surface area contributed by atoms with E-state index in [1.165, 1.54) is 81.1 Å². The van der Waals surface area contributed by atoms with E-state index in [0.29, 0.717) is 29.3 Å². The van der Waals surface area contributed by atoms with Gasteiger partial charge in [-0.3, -0.25) is 14.4 Å². The number of anilines is 4. The molecule has 0 fully saturated rings. The predicted molar refractivity (Wildman–Crippen MR) is 321 cm³/mol. The van der Waals surface area contributed by atoms with Crippen LogP contribution in [0.15, 0.2) is 110 Å². The first-order chi connectivity index (χ1) is 43.2. The fraction of sp³-hybridized carbons (Fsp3) is 0.276. The number of carbonyl (C=O) groups is 4. The van der Waals surface area contributed by atoms with Crippen LogP contribution in [0.5, 0.6) is 0 Å². The van der Waals surface area contributed by atoms with Crippen molar-refractivity contribution in [1.29, 1.82) is 31.6 Å². The summed E-state index contributed by atoms with van der Waals surface area (Å²) in [6, 6.07) is 24.2. The number of rotatable bonds is 12. The van der Waals surface area contributed by atoms with Crippen molar-refractivity contribution >= 4 is 94.2 Å². The lowest BCUT2D eigenvalue weighted by molar-refractivity contribution is -0.154. The van der Waals surface area contributed by atoms with Crippen LogP contribution in [0.4, 0.5) is 75.4 Å². The first-order valence-corrected chi connectivity index (χ1v) is 28.6. The molecule has 94 heavy (non-hydrogen) atoms. The molecular weight excluding hydrogens is 1480 g/mol. The maximum atomic E-state index is 13.0. The van der Waals surface area contributed by atoms with Gasteiger partial charge in [-0.2, -0.15) is 84.3 Å². The van der Waals surface area contributed by atoms with Crippen LogP contribution in [-0.2, 0) is 50.4 Å². The first kappa shape index (κ1) is 82.5. The van der Waals surface area contributed by atoms with Crippen LogP contribution in [0, 0.1) is 68.0 Å². The van der Waals surface area contributed by atoms with Gasteiger partial charge in [0.05, 0.1) is 86.5 Å². The fourth-order valence-corrected chi connectivity index (χ4v) is 6.91. The van der Waals surface area contributed by atoms with Crippen molar-refractivity contribution in [3.8, 4) is 36.4 Å². The highest BCUT2D eigenvalue weighted by molar-refractivity contribution is 9.09. The number of carboxylic acid groups (broad SMARTS) is 1. The van der Waals surface area contributed by atoms with Gasteiger partial charge in [0.15, 0.2) is 11.2 Å². The maximum Gasteiger partial charge on any atom is 0.417 e. The number of benzene rings is 4. The molecule has 3 amide bonds. The van der Waals surface area contributed by atoms with Gasteiger partial charge in [0.2, 0.25) is 0 Å². The Bertz CT molecular complexity index is 3790. The molecule has 6 aromatic rings. The highest BCUT2D eigenvalue weighted by Gasteiger charge is 2.39. The smallest absolute Gasteiger partial charge is 0.417 e. The standard InChI is InChI=1S/C17H13F3N4O2.2C12H10BrF3N2O2.C8H5F3N2.C5H4N2.C4H7BrO3/c1-16(26,10-24-5-4-11(7-21)9-24)15(25)23-13-3-2-12(8-22)14(6-13)17(18,19)20;2*1-11(20,6-13)10(19)18-8-3-2-7(5-17)9(4-8)12(14,15)16;9-8(10,11)7-3-6(13)2-1-5(7)4-12;6-3-5-1-2-7-4-5;1-4(8,2-5)3(6)7/h2-6,9,26H,10H2,1H3,(H,23,25);2*2-4,20H,6H2,1H3,(H,18,19);1-3H,13H2;1-2,4,7H;8H,2H2,1H3,(H,6,7)/t16-;2*11-;;;4-/m000..0/s1. The quantitative estimate of drug-likeness (QED) is 0.0309. The molecule has 0 saturated heterocycles. The summed E-state index contributed by atoms with van der Waals surface area (Å²) in [5.74, 6) is -3.85. The lowest BCUT2D eigenvalue weighted by atomic mass is 10.0. The number of alkyl halides is 15. The molecule has 500 valence electrons. The van der Waals surface area contributed by atoms with E-state index in [9.17, 15) is 87.2 Å². The Morgan fingerprint density at radius 3 is 1.04 bits per heavy atom. The number of hydrogen-bond donors (Lipinski definition) is 10. The second-order valence-electron chi connectivity index (χ2n) is 19.6. The zero-order chi connectivity index (χ0) is 72.6. The highest BCUT2D eigenvalue weighted by atomic mass is 79.9. The van der Waals surface area contributed by atoms with Gasteiger partial charge in [0.25, 0.3) is 17.7 Å². The van der Waals surface area contributed by atoms with Crippen LogP contribution in [0.25, 0.3) is 0 Å². The van der Waals surface area contributed by atoms with Gasteiger partial charge in [0.1, 0.15) is 23.3 Å². The largest absolute Gasteiger partial charge is 0.479 e. The number of hydrogen-bond acceptors (Lipinski definition) is 15. The Balaban J connectivity index is 0.000000592. The van der Waals surface area contributed by atoms with Crippen LogP contribution < -0.4 is 21.7 Å². The number of carbonyl (C=O) groups excluding carboxylic acids is 3. The van der Waals surface area contributed by atoms with Crippen molar-refractivity contribution in [2.24, 2.45) is 0 Å². The molecule has 4 atom stereocenters. The maximum absolute atomic E-state index is 13.0. The van der Waals surface area contributed by atoms with E-state index in [1.54, 1.807) is 18.5 Å². The van der Waals surface area contributed by atoms with Crippen LogP contribution in [0.3, 0.4) is 0 Å². The number of halogens is 15. The SMILES string of the molecule is C[C@](O)(CBr)C(=O)Nc1ccc(C#N)c(C(F)(F)F)c1.C[C@](O)(CBr)C(=O)Nc1ccc(C#N)c(C(F)(F)F)c1.C[C@](O)(CBr)C(=O)O.C[C@](O)(Cn1ccc(C#N)c1)C(=O)Nc1ccc(C#N)c(C(F)(F)F)c1.N#Cc1cc[nH]c1.N#Cc1ccc(N)cc1C(F)(F)F. The summed E-state index contributed by atoms with van der Waals surface area (Å²) in [5.41, 5.74) is -7.93. The summed E-state index contributed by atoms with van der Waals surface area (Å²) < 4.78 is 153. The van der Waals surface area contributed by atoms with E-state index in [2.05, 4.69) is 68.7 Å². The number of nitrogen functional groups attached to an aromatic ring is 1. The Hall–Kier alpha value is -9.50. The average molecular weight is 1530 g/mol. The number of aromatic amines is 1. The third-order valence-electron chi connectivity index (χ3n) is 11.4. The molecule has 11 N–H and O–H groups in total. The summed E-state index contributed by atoms with van der Waals surface area (Å²) in [6.07, 6.45) is -12.4. The summed E-state index contributed by atoms with van der Waals surface area (Å²) in [7, 11) is 0. The lowest BCUT2D eigenvalue weighted by Gasteiger charge is -2.23. The van der Waals surface area contributed by atoms with Gasteiger partial charge < -0.3 is 56.8 Å². The second-order valence-corrected chi connectivity index (χ2v) is 21.3. The van der Waals surface area contributed by atoms with E-state index in [-0.39, 0.29) is 45.3 Å². The van der Waals surface area contributed by atoms with Crippen molar-refractivity contribution in [2.75, 3.05) is 37.7 Å². The minimum Gasteiger partial charge on any atom is -0.479 e. The molecule has 0 aliphatic carbocycles. The summed E-state index contributed by atoms with van der Waals surface area (Å²) >= 11 is 8.68. The predicted octanol–water partition coefficient (Wildman–Crippen LogP) is 11.2. The number of H-pyrrole nitrogens is 1. The number of nitrogens with two attached hydrogens (primary N) is 1. The molecule has 0 spiro atoms. The molecule has 36 heteroatoms. The molecule has 0 bridgehead atoms. The van der Waals surface area contributed by atoms with Gasteiger partial charge in [-0.25, -0.2) is 4.79 Å². The minimum atomic E-state index is -4.76.